The molecule has 0 fully saturated rings. The van der Waals surface area contributed by atoms with E-state index in [2.05, 4.69) is 9.68 Å². The summed E-state index contributed by atoms with van der Waals surface area (Å²) < 4.78 is 41.4. The molecule has 0 unspecified atom stereocenters. The lowest BCUT2D eigenvalue weighted by Gasteiger charge is -2.08. The first-order chi connectivity index (χ1) is 9.39. The molecule has 0 saturated carbocycles. The van der Waals surface area contributed by atoms with Gasteiger partial charge in [-0.15, -0.1) is 0 Å². The molecule has 0 atom stereocenters. The zero-order valence-corrected chi connectivity index (χ0v) is 9.64. The molecular weight excluding hydrogens is 277 g/mol. The van der Waals surface area contributed by atoms with Crippen LogP contribution in [0.25, 0.3) is 0 Å². The minimum atomic E-state index is -4.73. The first-order valence-corrected chi connectivity index (χ1v) is 5.41. The van der Waals surface area contributed by atoms with E-state index >= 15 is 0 Å². The van der Waals surface area contributed by atoms with Crippen molar-refractivity contribution in [2.45, 2.75) is 6.18 Å². The summed E-state index contributed by atoms with van der Waals surface area (Å²) in [4.78, 5) is 24.6. The van der Waals surface area contributed by atoms with Crippen molar-refractivity contribution in [2.24, 2.45) is 0 Å². The Balaban J connectivity index is 2.03. The molecule has 2 aromatic rings. The molecule has 0 spiro atoms. The molecule has 0 saturated heterocycles. The number of nitrogens with zero attached hydrogens (tertiary/aromatic N) is 2. The fourth-order valence-electron chi connectivity index (χ4n) is 1.90. The summed E-state index contributed by atoms with van der Waals surface area (Å²) in [6.45, 7) is 0. The third-order valence-electron chi connectivity index (χ3n) is 2.80. The van der Waals surface area contributed by atoms with Gasteiger partial charge in [0.15, 0.2) is 5.82 Å². The maximum Gasteiger partial charge on any atom is 0.452 e. The van der Waals surface area contributed by atoms with E-state index in [-0.39, 0.29) is 11.1 Å². The number of alkyl halides is 3. The van der Waals surface area contributed by atoms with Gasteiger partial charge in [-0.1, -0.05) is 17.3 Å². The minimum absolute atomic E-state index is 0.119. The van der Waals surface area contributed by atoms with Gasteiger partial charge in [0.25, 0.3) is 11.8 Å². The fraction of sp³-hybridized carbons (Fsp3) is 0.0833. The quantitative estimate of drug-likeness (QED) is 0.754. The number of carbonyl (C=O) groups excluding carboxylic acids is 2. The van der Waals surface area contributed by atoms with Gasteiger partial charge in [0.05, 0.1) is 11.1 Å². The molecule has 8 heteroatoms. The number of halogens is 3. The average molecular weight is 282 g/mol. The van der Waals surface area contributed by atoms with Crippen LogP contribution in [0.1, 0.15) is 26.5 Å². The summed E-state index contributed by atoms with van der Waals surface area (Å²) >= 11 is 0. The van der Waals surface area contributed by atoms with E-state index in [1.165, 1.54) is 12.1 Å². The Morgan fingerprint density at radius 1 is 1.05 bits per heavy atom. The average Bonchev–Trinajstić information content (AvgIpc) is 2.95. The van der Waals surface area contributed by atoms with Crippen molar-refractivity contribution >= 4 is 17.6 Å². The van der Waals surface area contributed by atoms with Crippen molar-refractivity contribution < 1.29 is 27.3 Å². The van der Waals surface area contributed by atoms with E-state index in [4.69, 9.17) is 0 Å². The highest BCUT2D eigenvalue weighted by atomic mass is 19.4. The van der Waals surface area contributed by atoms with Crippen molar-refractivity contribution in [2.75, 3.05) is 4.90 Å². The van der Waals surface area contributed by atoms with Crippen molar-refractivity contribution in [1.82, 2.24) is 5.16 Å². The lowest BCUT2D eigenvalue weighted by molar-refractivity contribution is -0.155. The zero-order valence-electron chi connectivity index (χ0n) is 9.64. The van der Waals surface area contributed by atoms with Crippen LogP contribution >= 0.6 is 0 Å². The maximum atomic E-state index is 12.4. The Kier molecular flexibility index (Phi) is 2.43. The molecule has 2 amide bonds. The van der Waals surface area contributed by atoms with Gasteiger partial charge < -0.3 is 4.52 Å². The Labute approximate surface area is 109 Å². The van der Waals surface area contributed by atoms with Crippen LogP contribution in [0.5, 0.6) is 0 Å². The summed E-state index contributed by atoms with van der Waals surface area (Å²) in [6.07, 6.45) is -4.73. The first-order valence-electron chi connectivity index (χ1n) is 5.41. The molecule has 102 valence electrons. The second-order valence-corrected chi connectivity index (χ2v) is 4.04. The molecule has 0 aliphatic carbocycles. The third-order valence-corrected chi connectivity index (χ3v) is 2.80. The maximum absolute atomic E-state index is 12.4. The Morgan fingerprint density at radius 2 is 1.60 bits per heavy atom. The molecular formula is C12H5F3N2O3. The van der Waals surface area contributed by atoms with Crippen molar-refractivity contribution in [3.63, 3.8) is 0 Å². The SMILES string of the molecule is O=C1c2ccccc2C(=O)N1c1cc(C(F)(F)F)on1. The largest absolute Gasteiger partial charge is 0.452 e. The fourth-order valence-corrected chi connectivity index (χ4v) is 1.90. The van der Waals surface area contributed by atoms with Gasteiger partial charge in [-0.25, -0.2) is 4.90 Å². The molecule has 20 heavy (non-hydrogen) atoms. The summed E-state index contributed by atoms with van der Waals surface area (Å²) in [5.41, 5.74) is 0.239. The number of rotatable bonds is 1. The van der Waals surface area contributed by atoms with E-state index < -0.39 is 29.6 Å². The molecule has 0 N–H and O–H groups in total. The molecule has 1 aromatic carbocycles. The van der Waals surface area contributed by atoms with Crippen LogP contribution in [0.4, 0.5) is 19.0 Å². The van der Waals surface area contributed by atoms with Gasteiger partial charge in [0.2, 0.25) is 5.76 Å². The van der Waals surface area contributed by atoms with E-state index in [1.807, 2.05) is 0 Å². The monoisotopic (exact) mass is 282 g/mol. The van der Waals surface area contributed by atoms with Crippen molar-refractivity contribution in [1.29, 1.82) is 0 Å². The predicted molar refractivity (Wildman–Crippen MR) is 59.1 cm³/mol. The Morgan fingerprint density at radius 3 is 2.05 bits per heavy atom. The van der Waals surface area contributed by atoms with Crippen LogP contribution in [0.3, 0.4) is 0 Å². The molecule has 1 aliphatic heterocycles. The number of fused-ring (bicyclic) bond motifs is 1. The van der Waals surface area contributed by atoms with E-state index in [0.717, 1.165) is 0 Å². The lowest BCUT2D eigenvalue weighted by atomic mass is 10.1. The highest BCUT2D eigenvalue weighted by Gasteiger charge is 2.41. The smallest absolute Gasteiger partial charge is 0.349 e. The topological polar surface area (TPSA) is 63.4 Å². The Bertz CT molecular complexity index is 686. The standard InChI is InChI=1S/C12H5F3N2O3/c13-12(14,15)8-5-9(16-20-8)17-10(18)6-3-1-2-4-7(6)11(17)19/h1-5H. The summed E-state index contributed by atoms with van der Waals surface area (Å²) in [6, 6.07) is 6.46. The normalized spacial score (nSPS) is 14.8. The number of benzene rings is 1. The van der Waals surface area contributed by atoms with Crippen LogP contribution in [-0.2, 0) is 6.18 Å². The Hall–Kier alpha value is -2.64. The minimum Gasteiger partial charge on any atom is -0.349 e. The molecule has 1 aliphatic rings. The van der Waals surface area contributed by atoms with Crippen LogP contribution in [0.15, 0.2) is 34.9 Å². The number of hydrogen-bond donors (Lipinski definition) is 0. The van der Waals surface area contributed by atoms with E-state index in [1.54, 1.807) is 12.1 Å². The first kappa shape index (κ1) is 12.4. The number of carbonyl (C=O) groups is 2. The third kappa shape index (κ3) is 1.68. The number of amides is 2. The summed E-state index contributed by atoms with van der Waals surface area (Å²) in [5.74, 6) is -3.31. The second kappa shape index (κ2) is 3.92. The number of aromatic nitrogens is 1. The van der Waals surface area contributed by atoms with Crippen molar-refractivity contribution in [3.8, 4) is 0 Å². The highest BCUT2D eigenvalue weighted by Crippen LogP contribution is 2.34. The lowest BCUT2D eigenvalue weighted by Crippen LogP contribution is -2.29. The van der Waals surface area contributed by atoms with E-state index in [9.17, 15) is 22.8 Å². The van der Waals surface area contributed by atoms with Gasteiger partial charge in [-0.2, -0.15) is 13.2 Å². The molecule has 5 nitrogen and oxygen atoms in total. The molecule has 1 aromatic heterocycles. The predicted octanol–water partition coefficient (Wildman–Crippen LogP) is 2.49. The summed E-state index contributed by atoms with van der Waals surface area (Å²) in [5, 5.41) is 3.14. The van der Waals surface area contributed by atoms with Crippen LogP contribution in [0.2, 0.25) is 0 Å². The van der Waals surface area contributed by atoms with Crippen LogP contribution in [-0.4, -0.2) is 17.0 Å². The van der Waals surface area contributed by atoms with Crippen molar-refractivity contribution in [3.05, 3.63) is 47.2 Å². The van der Waals surface area contributed by atoms with Crippen LogP contribution in [0, 0.1) is 0 Å². The van der Waals surface area contributed by atoms with Gasteiger partial charge >= 0.3 is 6.18 Å². The summed E-state index contributed by atoms with van der Waals surface area (Å²) in [7, 11) is 0. The molecule has 3 rings (SSSR count). The van der Waals surface area contributed by atoms with Gasteiger partial charge in [0, 0.05) is 6.07 Å². The number of imide groups is 1. The molecule has 2 heterocycles. The van der Waals surface area contributed by atoms with Crippen LogP contribution < -0.4 is 4.90 Å². The molecule has 0 radical (unpaired) electrons. The number of anilines is 1. The molecule has 0 bridgehead atoms. The second-order valence-electron chi connectivity index (χ2n) is 4.04. The van der Waals surface area contributed by atoms with Gasteiger partial charge in [0.1, 0.15) is 0 Å². The highest BCUT2D eigenvalue weighted by molar-refractivity contribution is 6.34. The number of hydrogen-bond acceptors (Lipinski definition) is 4. The van der Waals surface area contributed by atoms with Gasteiger partial charge in [-0.3, -0.25) is 9.59 Å². The van der Waals surface area contributed by atoms with Gasteiger partial charge in [-0.05, 0) is 12.1 Å². The zero-order chi connectivity index (χ0) is 14.5. The van der Waals surface area contributed by atoms with E-state index in [0.29, 0.717) is 11.0 Å².